The van der Waals surface area contributed by atoms with Crippen molar-refractivity contribution >= 4 is 62.8 Å². The number of nitrogens with one attached hydrogen (secondary N) is 1. The number of carbonyl (C=O) groups is 1. The molecule has 0 aliphatic carbocycles. The molecule has 27 heavy (non-hydrogen) atoms. The number of para-hydroxylation sites is 1. The van der Waals surface area contributed by atoms with E-state index in [0.29, 0.717) is 10.9 Å². The Balaban J connectivity index is 1.54. The van der Waals surface area contributed by atoms with Crippen LogP contribution in [0.2, 0.25) is 5.15 Å². The van der Waals surface area contributed by atoms with Gasteiger partial charge in [0.05, 0.1) is 17.1 Å². The topological polar surface area (TPSA) is 54.4 Å². The van der Waals surface area contributed by atoms with E-state index in [1.165, 1.54) is 11.8 Å². The Hall–Kier alpha value is -2.15. The molecule has 3 rings (SSSR count). The third-order valence-electron chi connectivity index (χ3n) is 3.50. The number of thioether (sulfide) groups is 1. The van der Waals surface area contributed by atoms with Crippen LogP contribution in [0.4, 0.5) is 11.4 Å². The fourth-order valence-electron chi connectivity index (χ4n) is 2.17. The van der Waals surface area contributed by atoms with Crippen molar-refractivity contribution in [3.8, 4) is 0 Å². The second kappa shape index (κ2) is 9.69. The van der Waals surface area contributed by atoms with Crippen molar-refractivity contribution in [2.45, 2.75) is 4.90 Å². The van der Waals surface area contributed by atoms with Crippen LogP contribution in [0, 0.1) is 0 Å². The molecular weight excluding hydrogens is 446 g/mol. The van der Waals surface area contributed by atoms with E-state index in [9.17, 15) is 4.79 Å². The number of pyridine rings is 1. The molecule has 0 aliphatic heterocycles. The lowest BCUT2D eigenvalue weighted by atomic mass is 10.3. The quantitative estimate of drug-likeness (QED) is 0.280. The molecule has 1 aromatic heterocycles. The van der Waals surface area contributed by atoms with Crippen molar-refractivity contribution in [1.29, 1.82) is 0 Å². The van der Waals surface area contributed by atoms with Gasteiger partial charge in [0.15, 0.2) is 0 Å². The second-order valence-corrected chi connectivity index (χ2v) is 7.71. The number of carbonyl (C=O) groups excluding carboxylic acids is 1. The lowest BCUT2D eigenvalue weighted by Gasteiger charge is -2.07. The Labute approximate surface area is 175 Å². The number of hydrogen-bond donors (Lipinski definition) is 1. The summed E-state index contributed by atoms with van der Waals surface area (Å²) in [5.74, 6) is 0.273. The molecule has 0 saturated heterocycles. The Morgan fingerprint density at radius 1 is 1.15 bits per heavy atom. The summed E-state index contributed by atoms with van der Waals surface area (Å²) >= 11 is 10.9. The van der Waals surface area contributed by atoms with Gasteiger partial charge in [-0.05, 0) is 64.5 Å². The summed E-state index contributed by atoms with van der Waals surface area (Å²) in [6.45, 7) is 0. The van der Waals surface area contributed by atoms with Crippen molar-refractivity contribution in [2.75, 3.05) is 11.1 Å². The summed E-state index contributed by atoms with van der Waals surface area (Å²) in [7, 11) is 0. The van der Waals surface area contributed by atoms with Gasteiger partial charge in [-0.2, -0.15) is 0 Å². The average molecular weight is 461 g/mol. The minimum Gasteiger partial charge on any atom is -0.324 e. The Kier molecular flexibility index (Phi) is 7.04. The summed E-state index contributed by atoms with van der Waals surface area (Å²) in [5.41, 5.74) is 2.33. The summed E-state index contributed by atoms with van der Waals surface area (Å²) < 4.78 is 0.860. The van der Waals surface area contributed by atoms with E-state index in [-0.39, 0.29) is 5.91 Å². The van der Waals surface area contributed by atoms with Crippen molar-refractivity contribution < 1.29 is 4.79 Å². The number of amides is 1. The van der Waals surface area contributed by atoms with Crippen molar-refractivity contribution in [2.24, 2.45) is 4.99 Å². The number of anilines is 1. The molecule has 136 valence electrons. The first kappa shape index (κ1) is 19.6. The van der Waals surface area contributed by atoms with Gasteiger partial charge in [0, 0.05) is 27.3 Å². The van der Waals surface area contributed by atoms with Crippen LogP contribution in [0.1, 0.15) is 5.56 Å². The van der Waals surface area contributed by atoms with Crippen LogP contribution in [0.15, 0.2) is 81.2 Å². The lowest BCUT2D eigenvalue weighted by Crippen LogP contribution is -2.14. The molecule has 4 nitrogen and oxygen atoms in total. The monoisotopic (exact) mass is 459 g/mol. The predicted octanol–water partition coefficient (Wildman–Crippen LogP) is 5.98. The van der Waals surface area contributed by atoms with Gasteiger partial charge in [0.2, 0.25) is 5.91 Å². The molecular formula is C20H15BrClN3OS. The summed E-state index contributed by atoms with van der Waals surface area (Å²) in [4.78, 5) is 21.5. The molecule has 0 unspecified atom stereocenters. The van der Waals surface area contributed by atoms with E-state index in [0.717, 1.165) is 26.3 Å². The van der Waals surface area contributed by atoms with Crippen LogP contribution in [-0.2, 0) is 4.79 Å². The van der Waals surface area contributed by atoms with Gasteiger partial charge in [-0.15, -0.1) is 11.8 Å². The van der Waals surface area contributed by atoms with Crippen LogP contribution in [0.3, 0.4) is 0 Å². The van der Waals surface area contributed by atoms with Crippen LogP contribution < -0.4 is 5.32 Å². The minimum atomic E-state index is -0.0554. The number of aliphatic imine (C=N–C) groups is 1. The maximum atomic E-state index is 12.1. The smallest absolute Gasteiger partial charge is 0.234 e. The molecule has 3 aromatic rings. The molecule has 0 fully saturated rings. The standard InChI is InChI=1S/C20H15BrClN3OS/c21-17-5-1-2-6-18(17)25-19(26)13-27-16-9-7-15(8-10-16)24-12-14-4-3-11-23-20(14)22/h1-12H,13H2,(H,25,26). The highest BCUT2D eigenvalue weighted by Crippen LogP contribution is 2.24. The Morgan fingerprint density at radius 3 is 2.67 bits per heavy atom. The van der Waals surface area contributed by atoms with Gasteiger partial charge in [0.25, 0.3) is 0 Å². The number of hydrogen-bond acceptors (Lipinski definition) is 4. The first-order valence-electron chi connectivity index (χ1n) is 8.03. The number of nitrogens with zero attached hydrogens (tertiary/aromatic N) is 2. The lowest BCUT2D eigenvalue weighted by molar-refractivity contribution is -0.113. The van der Waals surface area contributed by atoms with Crippen molar-refractivity contribution in [3.05, 3.63) is 82.0 Å². The van der Waals surface area contributed by atoms with E-state index in [1.54, 1.807) is 12.4 Å². The maximum absolute atomic E-state index is 12.1. The third kappa shape index (κ3) is 5.92. The van der Waals surface area contributed by atoms with Gasteiger partial charge in [-0.1, -0.05) is 23.7 Å². The maximum Gasteiger partial charge on any atom is 0.234 e. The molecule has 2 aromatic carbocycles. The van der Waals surface area contributed by atoms with Gasteiger partial charge < -0.3 is 5.32 Å². The van der Waals surface area contributed by atoms with E-state index in [2.05, 4.69) is 31.2 Å². The van der Waals surface area contributed by atoms with E-state index < -0.39 is 0 Å². The van der Waals surface area contributed by atoms with Gasteiger partial charge in [-0.25, -0.2) is 4.98 Å². The largest absolute Gasteiger partial charge is 0.324 e. The molecule has 1 N–H and O–H groups in total. The SMILES string of the molecule is O=C(CSc1ccc(N=Cc2cccnc2Cl)cc1)Nc1ccccc1Br. The van der Waals surface area contributed by atoms with Crippen LogP contribution >= 0.6 is 39.3 Å². The summed E-state index contributed by atoms with van der Waals surface area (Å²) in [5, 5.41) is 3.31. The Bertz CT molecular complexity index is 963. The summed E-state index contributed by atoms with van der Waals surface area (Å²) in [6, 6.07) is 18.9. The first-order chi connectivity index (χ1) is 13.1. The van der Waals surface area contributed by atoms with Crippen molar-refractivity contribution in [1.82, 2.24) is 4.98 Å². The number of halogens is 2. The molecule has 0 spiro atoms. The Morgan fingerprint density at radius 2 is 1.93 bits per heavy atom. The zero-order valence-corrected chi connectivity index (χ0v) is 17.3. The van der Waals surface area contributed by atoms with E-state index in [4.69, 9.17) is 11.6 Å². The molecule has 1 amide bonds. The van der Waals surface area contributed by atoms with Crippen LogP contribution in [-0.4, -0.2) is 22.9 Å². The van der Waals surface area contributed by atoms with Gasteiger partial charge >= 0.3 is 0 Å². The number of rotatable bonds is 6. The third-order valence-corrected chi connectivity index (χ3v) is 5.51. The molecule has 0 aliphatic rings. The second-order valence-electron chi connectivity index (χ2n) is 5.45. The van der Waals surface area contributed by atoms with Crippen LogP contribution in [0.5, 0.6) is 0 Å². The molecule has 1 heterocycles. The van der Waals surface area contributed by atoms with E-state index in [1.807, 2.05) is 60.7 Å². The minimum absolute atomic E-state index is 0.0554. The fourth-order valence-corrected chi connectivity index (χ4v) is 3.42. The highest BCUT2D eigenvalue weighted by Gasteiger charge is 2.06. The van der Waals surface area contributed by atoms with E-state index >= 15 is 0 Å². The first-order valence-corrected chi connectivity index (χ1v) is 10.2. The number of benzene rings is 2. The highest BCUT2D eigenvalue weighted by atomic mass is 79.9. The molecule has 0 atom stereocenters. The molecule has 0 radical (unpaired) electrons. The molecule has 7 heteroatoms. The van der Waals surface area contributed by atoms with Gasteiger partial charge in [-0.3, -0.25) is 9.79 Å². The zero-order chi connectivity index (χ0) is 19.1. The highest BCUT2D eigenvalue weighted by molar-refractivity contribution is 9.10. The zero-order valence-electron chi connectivity index (χ0n) is 14.1. The van der Waals surface area contributed by atoms with Crippen molar-refractivity contribution in [3.63, 3.8) is 0 Å². The van der Waals surface area contributed by atoms with Gasteiger partial charge in [0.1, 0.15) is 5.15 Å². The molecule has 0 saturated carbocycles. The predicted molar refractivity (Wildman–Crippen MR) is 116 cm³/mol. The van der Waals surface area contributed by atoms with Crippen LogP contribution in [0.25, 0.3) is 0 Å². The normalized spacial score (nSPS) is 10.9. The fraction of sp³-hybridized carbons (Fsp3) is 0.0500. The average Bonchev–Trinajstić information content (AvgIpc) is 2.68. The number of aromatic nitrogens is 1. The molecule has 0 bridgehead atoms. The summed E-state index contributed by atoms with van der Waals surface area (Å²) in [6.07, 6.45) is 3.32.